The first kappa shape index (κ1) is 14.0. The van der Waals surface area contributed by atoms with Crippen LogP contribution in [0.2, 0.25) is 0 Å². The lowest BCUT2D eigenvalue weighted by molar-refractivity contribution is -0.147. The van der Waals surface area contributed by atoms with Gasteiger partial charge in [0.25, 0.3) is 0 Å². The van der Waals surface area contributed by atoms with E-state index in [1.165, 1.54) is 0 Å². The SMILES string of the molecule is Cl.O=C(OCc1ccccc1)[C@@H]1CC(O)CN1. The molecule has 1 aromatic rings. The molecule has 0 aliphatic carbocycles. The molecule has 1 aromatic carbocycles. The molecular formula is C12H16ClNO3. The lowest BCUT2D eigenvalue weighted by Gasteiger charge is -2.10. The maximum absolute atomic E-state index is 11.6. The van der Waals surface area contributed by atoms with Crippen molar-refractivity contribution in [2.24, 2.45) is 0 Å². The van der Waals surface area contributed by atoms with Crippen molar-refractivity contribution in [1.82, 2.24) is 5.32 Å². The number of aliphatic hydroxyl groups excluding tert-OH is 1. The van der Waals surface area contributed by atoms with E-state index in [4.69, 9.17) is 4.74 Å². The Morgan fingerprint density at radius 3 is 2.71 bits per heavy atom. The smallest absolute Gasteiger partial charge is 0.323 e. The molecule has 1 heterocycles. The third-order valence-corrected chi connectivity index (χ3v) is 2.62. The summed E-state index contributed by atoms with van der Waals surface area (Å²) in [6.45, 7) is 0.749. The molecule has 17 heavy (non-hydrogen) atoms. The van der Waals surface area contributed by atoms with E-state index in [1.807, 2.05) is 30.3 Å². The normalized spacial score (nSPS) is 22.9. The van der Waals surface area contributed by atoms with Crippen LogP contribution in [0.15, 0.2) is 30.3 Å². The first-order valence-electron chi connectivity index (χ1n) is 5.38. The largest absolute Gasteiger partial charge is 0.460 e. The zero-order chi connectivity index (χ0) is 11.4. The van der Waals surface area contributed by atoms with Crippen molar-refractivity contribution < 1.29 is 14.6 Å². The van der Waals surface area contributed by atoms with Crippen molar-refractivity contribution in [3.8, 4) is 0 Å². The quantitative estimate of drug-likeness (QED) is 0.789. The highest BCUT2D eigenvalue weighted by Crippen LogP contribution is 2.09. The monoisotopic (exact) mass is 257 g/mol. The molecule has 2 rings (SSSR count). The third-order valence-electron chi connectivity index (χ3n) is 2.62. The van der Waals surface area contributed by atoms with Crippen molar-refractivity contribution >= 4 is 18.4 Å². The number of carbonyl (C=O) groups is 1. The summed E-state index contributed by atoms with van der Waals surface area (Å²) in [4.78, 5) is 11.6. The van der Waals surface area contributed by atoms with Gasteiger partial charge in [-0.15, -0.1) is 12.4 Å². The number of ether oxygens (including phenoxy) is 1. The van der Waals surface area contributed by atoms with Crippen LogP contribution in [0.5, 0.6) is 0 Å². The lowest BCUT2D eigenvalue weighted by atomic mass is 10.2. The average molecular weight is 258 g/mol. The predicted molar refractivity (Wildman–Crippen MR) is 65.9 cm³/mol. The summed E-state index contributed by atoms with van der Waals surface area (Å²) in [6.07, 6.45) is 0.00226. The van der Waals surface area contributed by atoms with Crippen LogP contribution in [0, 0.1) is 0 Å². The van der Waals surface area contributed by atoms with Gasteiger partial charge < -0.3 is 15.2 Å². The second-order valence-corrected chi connectivity index (χ2v) is 3.94. The summed E-state index contributed by atoms with van der Waals surface area (Å²) < 4.78 is 5.15. The second-order valence-electron chi connectivity index (χ2n) is 3.94. The van der Waals surface area contributed by atoms with Crippen molar-refractivity contribution in [3.63, 3.8) is 0 Å². The van der Waals surface area contributed by atoms with Crippen molar-refractivity contribution in [2.45, 2.75) is 25.2 Å². The summed E-state index contributed by atoms with van der Waals surface area (Å²) in [7, 11) is 0. The van der Waals surface area contributed by atoms with E-state index in [1.54, 1.807) is 0 Å². The molecule has 1 aliphatic rings. The fraction of sp³-hybridized carbons (Fsp3) is 0.417. The maximum atomic E-state index is 11.6. The zero-order valence-corrected chi connectivity index (χ0v) is 10.2. The molecule has 0 spiro atoms. The van der Waals surface area contributed by atoms with Crippen LogP contribution in [0.3, 0.4) is 0 Å². The van der Waals surface area contributed by atoms with Crippen LogP contribution in [0.1, 0.15) is 12.0 Å². The van der Waals surface area contributed by atoms with Gasteiger partial charge in [0.05, 0.1) is 6.10 Å². The Labute approximate surface area is 106 Å². The summed E-state index contributed by atoms with van der Waals surface area (Å²) in [5.74, 6) is -0.291. The Morgan fingerprint density at radius 2 is 2.12 bits per heavy atom. The lowest BCUT2D eigenvalue weighted by Crippen LogP contribution is -2.32. The standard InChI is InChI=1S/C12H15NO3.ClH/c14-10-6-11(13-7-10)12(15)16-8-9-4-2-1-3-5-9;/h1-5,10-11,13-14H,6-8H2;1H/t10?,11-;/m0./s1. The second kappa shape index (κ2) is 6.59. The number of benzene rings is 1. The predicted octanol–water partition coefficient (Wildman–Crippen LogP) is 0.874. The molecule has 2 atom stereocenters. The van der Waals surface area contributed by atoms with Crippen LogP contribution in [0.4, 0.5) is 0 Å². The molecule has 1 fully saturated rings. The minimum Gasteiger partial charge on any atom is -0.460 e. The Bertz CT molecular complexity index is 358. The average Bonchev–Trinajstić information content (AvgIpc) is 2.74. The number of aliphatic hydroxyl groups is 1. The summed E-state index contributed by atoms with van der Waals surface area (Å²) in [6, 6.07) is 9.18. The molecule has 2 N–H and O–H groups in total. The summed E-state index contributed by atoms with van der Waals surface area (Å²) in [5, 5.41) is 12.2. The van der Waals surface area contributed by atoms with Crippen molar-refractivity contribution in [3.05, 3.63) is 35.9 Å². The van der Waals surface area contributed by atoms with Gasteiger partial charge in [-0.2, -0.15) is 0 Å². The van der Waals surface area contributed by atoms with Gasteiger partial charge in [-0.1, -0.05) is 30.3 Å². The minimum atomic E-state index is -0.436. The summed E-state index contributed by atoms with van der Waals surface area (Å²) in [5.41, 5.74) is 0.967. The number of hydrogen-bond acceptors (Lipinski definition) is 4. The first-order chi connectivity index (χ1) is 7.75. The van der Waals surface area contributed by atoms with Gasteiger partial charge in [0, 0.05) is 13.0 Å². The highest BCUT2D eigenvalue weighted by atomic mass is 35.5. The first-order valence-corrected chi connectivity index (χ1v) is 5.38. The van der Waals surface area contributed by atoms with Gasteiger partial charge in [0.15, 0.2) is 0 Å². The molecule has 0 radical (unpaired) electrons. The molecule has 1 aliphatic heterocycles. The molecule has 1 saturated heterocycles. The Kier molecular flexibility index (Phi) is 5.41. The molecule has 4 nitrogen and oxygen atoms in total. The number of esters is 1. The van der Waals surface area contributed by atoms with E-state index in [9.17, 15) is 9.90 Å². The highest BCUT2D eigenvalue weighted by Gasteiger charge is 2.29. The number of nitrogens with one attached hydrogen (secondary N) is 1. The zero-order valence-electron chi connectivity index (χ0n) is 9.33. The van der Waals surface area contributed by atoms with E-state index in [2.05, 4.69) is 5.32 Å². The Morgan fingerprint density at radius 1 is 1.41 bits per heavy atom. The van der Waals surface area contributed by atoms with E-state index < -0.39 is 6.10 Å². The molecule has 0 bridgehead atoms. The Hall–Kier alpha value is -1.10. The molecule has 5 heteroatoms. The number of hydrogen-bond donors (Lipinski definition) is 2. The number of β-amino-alcohol motifs (C(OH)–C–C–N with tert-alkyl or cyclic N) is 1. The number of carbonyl (C=O) groups excluding carboxylic acids is 1. The van der Waals surface area contributed by atoms with Crippen molar-refractivity contribution in [2.75, 3.05) is 6.54 Å². The van der Waals surface area contributed by atoms with E-state index in [0.29, 0.717) is 13.0 Å². The van der Waals surface area contributed by atoms with Gasteiger partial charge in [0.1, 0.15) is 12.6 Å². The number of halogens is 1. The molecule has 0 amide bonds. The van der Waals surface area contributed by atoms with Gasteiger partial charge >= 0.3 is 5.97 Å². The molecule has 0 aromatic heterocycles. The topological polar surface area (TPSA) is 58.6 Å². The van der Waals surface area contributed by atoms with Gasteiger partial charge in [-0.05, 0) is 5.56 Å². The van der Waals surface area contributed by atoms with Crippen LogP contribution in [-0.2, 0) is 16.1 Å². The highest BCUT2D eigenvalue weighted by molar-refractivity contribution is 5.85. The fourth-order valence-corrected chi connectivity index (χ4v) is 1.73. The molecular weight excluding hydrogens is 242 g/mol. The summed E-state index contributed by atoms with van der Waals surface area (Å²) >= 11 is 0. The number of rotatable bonds is 3. The van der Waals surface area contributed by atoms with Gasteiger partial charge in [0.2, 0.25) is 0 Å². The molecule has 1 unspecified atom stereocenters. The van der Waals surface area contributed by atoms with E-state index in [-0.39, 0.29) is 31.0 Å². The van der Waals surface area contributed by atoms with Crippen LogP contribution < -0.4 is 5.32 Å². The maximum Gasteiger partial charge on any atom is 0.323 e. The van der Waals surface area contributed by atoms with Crippen LogP contribution in [0.25, 0.3) is 0 Å². The third kappa shape index (κ3) is 4.00. The van der Waals surface area contributed by atoms with Gasteiger partial charge in [-0.25, -0.2) is 0 Å². The molecule has 94 valence electrons. The Balaban J connectivity index is 0.00000144. The molecule has 0 saturated carbocycles. The fourth-order valence-electron chi connectivity index (χ4n) is 1.73. The van der Waals surface area contributed by atoms with Crippen LogP contribution in [-0.4, -0.2) is 29.8 Å². The van der Waals surface area contributed by atoms with Gasteiger partial charge in [-0.3, -0.25) is 4.79 Å². The minimum absolute atomic E-state index is 0. The van der Waals surface area contributed by atoms with Crippen molar-refractivity contribution in [1.29, 1.82) is 0 Å². The van der Waals surface area contributed by atoms with E-state index >= 15 is 0 Å². The van der Waals surface area contributed by atoms with Crippen LogP contribution >= 0.6 is 12.4 Å². The van der Waals surface area contributed by atoms with E-state index in [0.717, 1.165) is 5.56 Å².